The molecule has 0 radical (unpaired) electrons. The molecule has 0 aliphatic heterocycles. The first-order chi connectivity index (χ1) is 8.56. The van der Waals surface area contributed by atoms with Gasteiger partial charge in [-0.05, 0) is 47.0 Å². The standard InChI is InChI=1S/C12H13BrN2O3/c13-9-4-1-7(12(17)18)5-10(9)15-11(16)6-14-8-2-3-8/h1,4-5,8,14H,2-3,6H2,(H,15,16)(H,17,18). The number of rotatable bonds is 5. The molecule has 18 heavy (non-hydrogen) atoms. The van der Waals surface area contributed by atoms with Gasteiger partial charge in [0.05, 0.1) is 17.8 Å². The molecular weight excluding hydrogens is 300 g/mol. The van der Waals surface area contributed by atoms with E-state index in [9.17, 15) is 9.59 Å². The third-order valence-electron chi connectivity index (χ3n) is 2.62. The Morgan fingerprint density at radius 2 is 2.11 bits per heavy atom. The predicted octanol–water partition coefficient (Wildman–Crippen LogP) is 1.84. The van der Waals surface area contributed by atoms with Gasteiger partial charge in [-0.3, -0.25) is 4.79 Å². The van der Waals surface area contributed by atoms with Crippen molar-refractivity contribution in [3.05, 3.63) is 28.2 Å². The van der Waals surface area contributed by atoms with Crippen LogP contribution in [0.4, 0.5) is 5.69 Å². The quantitative estimate of drug-likeness (QED) is 0.775. The summed E-state index contributed by atoms with van der Waals surface area (Å²) in [6.07, 6.45) is 2.23. The lowest BCUT2D eigenvalue weighted by Gasteiger charge is -2.08. The number of carboxylic acids is 1. The molecule has 5 nitrogen and oxygen atoms in total. The van der Waals surface area contributed by atoms with Gasteiger partial charge in [0.2, 0.25) is 5.91 Å². The minimum absolute atomic E-state index is 0.142. The topological polar surface area (TPSA) is 78.4 Å². The summed E-state index contributed by atoms with van der Waals surface area (Å²) in [7, 11) is 0. The zero-order chi connectivity index (χ0) is 13.1. The summed E-state index contributed by atoms with van der Waals surface area (Å²) in [5.74, 6) is -1.20. The van der Waals surface area contributed by atoms with Crippen LogP contribution < -0.4 is 10.6 Å². The number of carboxylic acid groups (broad SMARTS) is 1. The van der Waals surface area contributed by atoms with E-state index in [4.69, 9.17) is 5.11 Å². The minimum atomic E-state index is -1.02. The molecule has 1 fully saturated rings. The van der Waals surface area contributed by atoms with Gasteiger partial charge < -0.3 is 15.7 Å². The first-order valence-electron chi connectivity index (χ1n) is 5.62. The molecule has 0 spiro atoms. The number of aromatic carboxylic acids is 1. The fraction of sp³-hybridized carbons (Fsp3) is 0.333. The van der Waals surface area contributed by atoms with Crippen molar-refractivity contribution in [3.8, 4) is 0 Å². The lowest BCUT2D eigenvalue weighted by molar-refractivity contribution is -0.115. The molecule has 1 aromatic rings. The Morgan fingerprint density at radius 1 is 1.39 bits per heavy atom. The molecule has 0 saturated heterocycles. The van der Waals surface area contributed by atoms with Gasteiger partial charge in [0.1, 0.15) is 0 Å². The highest BCUT2D eigenvalue weighted by molar-refractivity contribution is 9.10. The molecule has 0 aromatic heterocycles. The third kappa shape index (κ3) is 3.54. The summed E-state index contributed by atoms with van der Waals surface area (Å²) in [5.41, 5.74) is 0.612. The Kier molecular flexibility index (Phi) is 3.98. The number of nitrogens with one attached hydrogen (secondary N) is 2. The molecule has 1 aliphatic rings. The molecule has 1 amide bonds. The number of carbonyl (C=O) groups excluding carboxylic acids is 1. The summed E-state index contributed by atoms with van der Waals surface area (Å²) in [4.78, 5) is 22.5. The number of benzene rings is 1. The Morgan fingerprint density at radius 3 is 2.72 bits per heavy atom. The smallest absolute Gasteiger partial charge is 0.335 e. The second kappa shape index (κ2) is 5.49. The van der Waals surface area contributed by atoms with Gasteiger partial charge in [-0.25, -0.2) is 4.79 Å². The van der Waals surface area contributed by atoms with Crippen molar-refractivity contribution in [2.75, 3.05) is 11.9 Å². The van der Waals surface area contributed by atoms with E-state index in [1.54, 1.807) is 6.07 Å². The Bertz CT molecular complexity index is 486. The maximum Gasteiger partial charge on any atom is 0.335 e. The van der Waals surface area contributed by atoms with E-state index < -0.39 is 5.97 Å². The molecule has 1 saturated carbocycles. The number of amides is 1. The number of halogens is 1. The molecular formula is C12H13BrN2O3. The van der Waals surface area contributed by atoms with Crippen molar-refractivity contribution < 1.29 is 14.7 Å². The number of hydrogen-bond acceptors (Lipinski definition) is 3. The largest absolute Gasteiger partial charge is 0.478 e. The van der Waals surface area contributed by atoms with E-state index in [1.165, 1.54) is 12.1 Å². The van der Waals surface area contributed by atoms with Crippen molar-refractivity contribution in [1.82, 2.24) is 5.32 Å². The van der Waals surface area contributed by atoms with Crippen LogP contribution in [0.2, 0.25) is 0 Å². The van der Waals surface area contributed by atoms with Crippen LogP contribution in [-0.2, 0) is 4.79 Å². The Labute approximate surface area is 113 Å². The van der Waals surface area contributed by atoms with Gasteiger partial charge in [0.15, 0.2) is 0 Å². The second-order valence-electron chi connectivity index (χ2n) is 4.20. The van der Waals surface area contributed by atoms with E-state index in [0.717, 1.165) is 12.8 Å². The van der Waals surface area contributed by atoms with Crippen LogP contribution in [0.15, 0.2) is 22.7 Å². The van der Waals surface area contributed by atoms with Crippen LogP contribution in [0.3, 0.4) is 0 Å². The van der Waals surface area contributed by atoms with Crippen molar-refractivity contribution >= 4 is 33.5 Å². The zero-order valence-electron chi connectivity index (χ0n) is 9.57. The lowest BCUT2D eigenvalue weighted by atomic mass is 10.2. The van der Waals surface area contributed by atoms with Crippen molar-refractivity contribution in [1.29, 1.82) is 0 Å². The highest BCUT2D eigenvalue weighted by atomic mass is 79.9. The van der Waals surface area contributed by atoms with Crippen LogP contribution in [0.1, 0.15) is 23.2 Å². The van der Waals surface area contributed by atoms with Gasteiger partial charge in [-0.15, -0.1) is 0 Å². The normalized spacial score (nSPS) is 14.3. The molecule has 1 aromatic carbocycles. The minimum Gasteiger partial charge on any atom is -0.478 e. The van der Waals surface area contributed by atoms with Gasteiger partial charge in [-0.2, -0.15) is 0 Å². The molecule has 0 unspecified atom stereocenters. The van der Waals surface area contributed by atoms with E-state index in [2.05, 4.69) is 26.6 Å². The predicted molar refractivity (Wildman–Crippen MR) is 70.8 cm³/mol. The van der Waals surface area contributed by atoms with Crippen molar-refractivity contribution in [2.45, 2.75) is 18.9 Å². The molecule has 0 bridgehead atoms. The Hall–Kier alpha value is -1.40. The van der Waals surface area contributed by atoms with Crippen LogP contribution in [0, 0.1) is 0 Å². The van der Waals surface area contributed by atoms with E-state index in [-0.39, 0.29) is 18.0 Å². The van der Waals surface area contributed by atoms with Gasteiger partial charge in [-0.1, -0.05) is 0 Å². The van der Waals surface area contributed by atoms with Gasteiger partial charge >= 0.3 is 5.97 Å². The van der Waals surface area contributed by atoms with Crippen LogP contribution in [0.5, 0.6) is 0 Å². The monoisotopic (exact) mass is 312 g/mol. The molecule has 3 N–H and O–H groups in total. The van der Waals surface area contributed by atoms with E-state index >= 15 is 0 Å². The highest BCUT2D eigenvalue weighted by Gasteiger charge is 2.21. The molecule has 1 aliphatic carbocycles. The highest BCUT2D eigenvalue weighted by Crippen LogP contribution is 2.24. The van der Waals surface area contributed by atoms with Crippen LogP contribution in [0.25, 0.3) is 0 Å². The average Bonchev–Trinajstić information content (AvgIpc) is 3.13. The van der Waals surface area contributed by atoms with Gasteiger partial charge in [0, 0.05) is 10.5 Å². The van der Waals surface area contributed by atoms with Crippen molar-refractivity contribution in [3.63, 3.8) is 0 Å². The summed E-state index contributed by atoms with van der Waals surface area (Å²) in [5, 5.41) is 14.6. The fourth-order valence-electron chi connectivity index (χ4n) is 1.47. The summed E-state index contributed by atoms with van der Waals surface area (Å²) in [6.45, 7) is 0.244. The SMILES string of the molecule is O=C(CNC1CC1)Nc1cc(C(=O)O)ccc1Br. The first-order valence-corrected chi connectivity index (χ1v) is 6.41. The van der Waals surface area contributed by atoms with Gasteiger partial charge in [0.25, 0.3) is 0 Å². The molecule has 0 heterocycles. The first kappa shape index (κ1) is 13.0. The lowest BCUT2D eigenvalue weighted by Crippen LogP contribution is -2.29. The maximum absolute atomic E-state index is 11.6. The summed E-state index contributed by atoms with van der Waals surface area (Å²) >= 11 is 3.27. The number of carbonyl (C=O) groups is 2. The summed E-state index contributed by atoms with van der Waals surface area (Å²) in [6, 6.07) is 4.98. The zero-order valence-corrected chi connectivity index (χ0v) is 11.2. The second-order valence-corrected chi connectivity index (χ2v) is 5.06. The molecule has 6 heteroatoms. The average molecular weight is 313 g/mol. The number of hydrogen-bond donors (Lipinski definition) is 3. The van der Waals surface area contributed by atoms with E-state index in [0.29, 0.717) is 16.2 Å². The van der Waals surface area contributed by atoms with Crippen molar-refractivity contribution in [2.24, 2.45) is 0 Å². The third-order valence-corrected chi connectivity index (χ3v) is 3.31. The van der Waals surface area contributed by atoms with E-state index in [1.807, 2.05) is 0 Å². The summed E-state index contributed by atoms with van der Waals surface area (Å²) < 4.78 is 0.660. The number of anilines is 1. The maximum atomic E-state index is 11.6. The molecule has 0 atom stereocenters. The Balaban J connectivity index is 1.99. The van der Waals surface area contributed by atoms with Crippen LogP contribution >= 0.6 is 15.9 Å². The molecule has 2 rings (SSSR count). The van der Waals surface area contributed by atoms with Crippen LogP contribution in [-0.4, -0.2) is 29.6 Å². The molecule has 96 valence electrons. The fourth-order valence-corrected chi connectivity index (χ4v) is 1.82.